The number of aryl methyl sites for hydroxylation is 1. The van der Waals surface area contributed by atoms with Gasteiger partial charge < -0.3 is 20.7 Å². The zero-order chi connectivity index (χ0) is 27.6. The highest BCUT2D eigenvalue weighted by molar-refractivity contribution is 8.00. The van der Waals surface area contributed by atoms with E-state index in [-0.39, 0.29) is 17.4 Å². The fraction of sp³-hybridized carbons (Fsp3) is 0.103. The molecule has 4 aromatic rings. The van der Waals surface area contributed by atoms with Gasteiger partial charge in [-0.25, -0.2) is 4.98 Å². The standard InChI is InChI=1S/C29H26N4O4S2/c1-19-17-39-29(30-19)33-26(34)18-38-24-13-11-22(12-14-24)31-28(36)25(16-20-7-6-10-23(15-20)37-2)32-27(35)21-8-4-3-5-9-21/h3-17H,18H2,1-2H3,(H,31,36)(H,32,35)(H,30,33,34)/b25-16-. The number of ether oxygens (including phenoxy) is 1. The largest absolute Gasteiger partial charge is 0.497 e. The normalized spacial score (nSPS) is 11.0. The molecule has 3 amide bonds. The number of aromatic nitrogens is 1. The maximum absolute atomic E-state index is 13.2. The monoisotopic (exact) mass is 558 g/mol. The van der Waals surface area contributed by atoms with E-state index in [1.807, 2.05) is 36.6 Å². The molecule has 0 aliphatic rings. The summed E-state index contributed by atoms with van der Waals surface area (Å²) < 4.78 is 5.27. The first kappa shape index (κ1) is 27.6. The Hall–Kier alpha value is -4.41. The smallest absolute Gasteiger partial charge is 0.272 e. The third kappa shape index (κ3) is 8.29. The molecule has 0 atom stereocenters. The number of methoxy groups -OCH3 is 1. The van der Waals surface area contributed by atoms with Crippen LogP contribution < -0.4 is 20.7 Å². The number of rotatable bonds is 10. The minimum absolute atomic E-state index is 0.0738. The minimum atomic E-state index is -0.486. The third-order valence-electron chi connectivity index (χ3n) is 5.28. The number of hydrogen-bond acceptors (Lipinski definition) is 7. The van der Waals surface area contributed by atoms with Crippen molar-refractivity contribution in [1.29, 1.82) is 0 Å². The molecular weight excluding hydrogens is 532 g/mol. The maximum atomic E-state index is 13.2. The Morgan fingerprint density at radius 1 is 0.974 bits per heavy atom. The first-order valence-corrected chi connectivity index (χ1v) is 13.7. The first-order valence-electron chi connectivity index (χ1n) is 11.9. The molecule has 0 aliphatic heterocycles. The minimum Gasteiger partial charge on any atom is -0.497 e. The summed E-state index contributed by atoms with van der Waals surface area (Å²) in [5.74, 6) is -0.184. The zero-order valence-corrected chi connectivity index (χ0v) is 22.9. The van der Waals surface area contributed by atoms with E-state index in [1.54, 1.807) is 67.8 Å². The Labute approximate surface area is 234 Å². The van der Waals surface area contributed by atoms with Crippen LogP contribution in [0.2, 0.25) is 0 Å². The summed E-state index contributed by atoms with van der Waals surface area (Å²) in [6, 6.07) is 22.9. The SMILES string of the molecule is COc1cccc(/C=C(\NC(=O)c2ccccc2)C(=O)Nc2ccc(SCC(=O)Nc3nc(C)cs3)cc2)c1. The maximum Gasteiger partial charge on any atom is 0.272 e. The van der Waals surface area contributed by atoms with Crippen molar-refractivity contribution in [2.75, 3.05) is 23.5 Å². The van der Waals surface area contributed by atoms with Crippen LogP contribution in [0.15, 0.2) is 94.8 Å². The molecule has 198 valence electrons. The van der Waals surface area contributed by atoms with E-state index in [9.17, 15) is 14.4 Å². The van der Waals surface area contributed by atoms with Gasteiger partial charge in [-0.05, 0) is 67.1 Å². The summed E-state index contributed by atoms with van der Waals surface area (Å²) in [6.45, 7) is 1.87. The van der Waals surface area contributed by atoms with Crippen LogP contribution in [0.5, 0.6) is 5.75 Å². The van der Waals surface area contributed by atoms with Crippen molar-refractivity contribution in [2.24, 2.45) is 0 Å². The second kappa shape index (κ2) is 13.4. The quantitative estimate of drug-likeness (QED) is 0.173. The van der Waals surface area contributed by atoms with E-state index in [4.69, 9.17) is 4.74 Å². The van der Waals surface area contributed by atoms with Gasteiger partial charge >= 0.3 is 0 Å². The fourth-order valence-corrected chi connectivity index (χ4v) is 4.79. The second-order valence-electron chi connectivity index (χ2n) is 8.26. The van der Waals surface area contributed by atoms with Crippen LogP contribution in [0.4, 0.5) is 10.8 Å². The topological polar surface area (TPSA) is 109 Å². The molecule has 0 radical (unpaired) electrons. The average molecular weight is 559 g/mol. The molecule has 0 bridgehead atoms. The number of amides is 3. The van der Waals surface area contributed by atoms with Gasteiger partial charge in [-0.2, -0.15) is 0 Å². The number of hydrogen-bond donors (Lipinski definition) is 3. The van der Waals surface area contributed by atoms with Crippen LogP contribution in [0, 0.1) is 6.92 Å². The molecule has 3 N–H and O–H groups in total. The zero-order valence-electron chi connectivity index (χ0n) is 21.3. The third-order valence-corrected chi connectivity index (χ3v) is 7.17. The number of thioether (sulfide) groups is 1. The Kier molecular flexibility index (Phi) is 9.49. The number of nitrogens with one attached hydrogen (secondary N) is 3. The first-order chi connectivity index (χ1) is 18.9. The van der Waals surface area contributed by atoms with Gasteiger partial charge in [-0.1, -0.05) is 30.3 Å². The summed E-state index contributed by atoms with van der Waals surface area (Å²) in [7, 11) is 1.56. The van der Waals surface area contributed by atoms with Crippen LogP contribution in [-0.2, 0) is 9.59 Å². The Bertz CT molecular complexity index is 1480. The van der Waals surface area contributed by atoms with E-state index in [1.165, 1.54) is 23.1 Å². The van der Waals surface area contributed by atoms with Crippen LogP contribution in [0.25, 0.3) is 6.08 Å². The highest BCUT2D eigenvalue weighted by Crippen LogP contribution is 2.22. The van der Waals surface area contributed by atoms with Crippen LogP contribution in [-0.4, -0.2) is 35.6 Å². The molecule has 0 saturated carbocycles. The van der Waals surface area contributed by atoms with E-state index >= 15 is 0 Å². The lowest BCUT2D eigenvalue weighted by Gasteiger charge is -2.12. The molecule has 0 fully saturated rings. The van der Waals surface area contributed by atoms with E-state index < -0.39 is 11.8 Å². The summed E-state index contributed by atoms with van der Waals surface area (Å²) in [4.78, 5) is 43.3. The molecule has 39 heavy (non-hydrogen) atoms. The molecule has 1 heterocycles. The number of thiazole rings is 1. The number of carbonyl (C=O) groups is 3. The Morgan fingerprint density at radius 3 is 2.44 bits per heavy atom. The fourth-order valence-electron chi connectivity index (χ4n) is 3.39. The van der Waals surface area contributed by atoms with E-state index in [0.717, 1.165) is 10.6 Å². The lowest BCUT2D eigenvalue weighted by atomic mass is 10.1. The van der Waals surface area contributed by atoms with Crippen LogP contribution >= 0.6 is 23.1 Å². The molecule has 4 rings (SSSR count). The molecule has 3 aromatic carbocycles. The van der Waals surface area contributed by atoms with Gasteiger partial charge in [0, 0.05) is 21.5 Å². The van der Waals surface area contributed by atoms with Gasteiger partial charge in [0.25, 0.3) is 11.8 Å². The van der Waals surface area contributed by atoms with Gasteiger partial charge in [-0.3, -0.25) is 14.4 Å². The van der Waals surface area contributed by atoms with E-state index in [2.05, 4.69) is 20.9 Å². The average Bonchev–Trinajstić information content (AvgIpc) is 3.36. The van der Waals surface area contributed by atoms with Gasteiger partial charge in [0.2, 0.25) is 5.91 Å². The van der Waals surface area contributed by atoms with Crippen molar-refractivity contribution in [2.45, 2.75) is 11.8 Å². The number of anilines is 2. The molecule has 8 nitrogen and oxygen atoms in total. The van der Waals surface area contributed by atoms with Gasteiger partial charge in [0.05, 0.1) is 18.6 Å². The lowest BCUT2D eigenvalue weighted by molar-refractivity contribution is -0.114. The van der Waals surface area contributed by atoms with Crippen molar-refractivity contribution >= 4 is 57.7 Å². The molecule has 1 aromatic heterocycles. The van der Waals surface area contributed by atoms with Crippen LogP contribution in [0.3, 0.4) is 0 Å². The molecule has 10 heteroatoms. The number of nitrogens with zero attached hydrogens (tertiary/aromatic N) is 1. The van der Waals surface area contributed by atoms with Crippen molar-refractivity contribution in [3.63, 3.8) is 0 Å². The van der Waals surface area contributed by atoms with Crippen molar-refractivity contribution < 1.29 is 19.1 Å². The van der Waals surface area contributed by atoms with Gasteiger partial charge in [0.15, 0.2) is 5.13 Å². The summed E-state index contributed by atoms with van der Waals surface area (Å²) >= 11 is 2.76. The molecule has 0 unspecified atom stereocenters. The lowest BCUT2D eigenvalue weighted by Crippen LogP contribution is -2.30. The van der Waals surface area contributed by atoms with Gasteiger partial charge in [-0.15, -0.1) is 23.1 Å². The Balaban J connectivity index is 1.42. The molecule has 0 saturated heterocycles. The van der Waals surface area contributed by atoms with Crippen molar-refractivity contribution in [1.82, 2.24) is 10.3 Å². The second-order valence-corrected chi connectivity index (χ2v) is 10.2. The Morgan fingerprint density at radius 2 is 1.74 bits per heavy atom. The molecule has 0 spiro atoms. The highest BCUT2D eigenvalue weighted by Gasteiger charge is 2.15. The van der Waals surface area contributed by atoms with Crippen molar-refractivity contribution in [3.8, 4) is 5.75 Å². The van der Waals surface area contributed by atoms with Gasteiger partial charge in [0.1, 0.15) is 11.4 Å². The van der Waals surface area contributed by atoms with E-state index in [0.29, 0.717) is 27.7 Å². The van der Waals surface area contributed by atoms with Crippen molar-refractivity contribution in [3.05, 3.63) is 107 Å². The highest BCUT2D eigenvalue weighted by atomic mass is 32.2. The number of carbonyl (C=O) groups excluding carboxylic acids is 3. The van der Waals surface area contributed by atoms with Crippen LogP contribution in [0.1, 0.15) is 21.6 Å². The summed E-state index contributed by atoms with van der Waals surface area (Å²) in [5.41, 5.74) is 2.59. The number of benzene rings is 3. The predicted molar refractivity (Wildman–Crippen MR) is 156 cm³/mol. The molecule has 0 aliphatic carbocycles. The summed E-state index contributed by atoms with van der Waals surface area (Å²) in [6.07, 6.45) is 1.59. The summed E-state index contributed by atoms with van der Waals surface area (Å²) in [5, 5.41) is 10.8. The predicted octanol–water partition coefficient (Wildman–Crippen LogP) is 5.60. The molecular formula is C29H26N4O4S2.